The van der Waals surface area contributed by atoms with Crippen molar-refractivity contribution >= 4 is 51.9 Å². The maximum atomic E-state index is 10.8. The summed E-state index contributed by atoms with van der Waals surface area (Å²) in [5.41, 5.74) is 4.14. The fourth-order valence-electron chi connectivity index (χ4n) is 1.43. The largest absolute Gasteiger partial charge is 0.477 e. The van der Waals surface area contributed by atoms with Gasteiger partial charge in [-0.3, -0.25) is 5.43 Å². The zero-order valence-electron chi connectivity index (χ0n) is 10.4. The Morgan fingerprint density at radius 3 is 2.55 bits per heavy atom. The van der Waals surface area contributed by atoms with Gasteiger partial charge < -0.3 is 5.11 Å². The molecule has 7 heteroatoms. The van der Waals surface area contributed by atoms with Crippen LogP contribution in [0, 0.1) is 0 Å². The van der Waals surface area contributed by atoms with Crippen molar-refractivity contribution in [2.24, 2.45) is 5.10 Å². The van der Waals surface area contributed by atoms with Gasteiger partial charge in [0, 0.05) is 5.02 Å². The Bertz CT molecular complexity index is 683. The molecule has 0 aliphatic carbocycles. The molecule has 20 heavy (non-hydrogen) atoms. The van der Waals surface area contributed by atoms with E-state index in [9.17, 15) is 4.79 Å². The molecule has 0 unspecified atom stereocenters. The minimum absolute atomic E-state index is 0.277. The van der Waals surface area contributed by atoms with Crippen LogP contribution in [-0.2, 0) is 0 Å². The zero-order chi connectivity index (χ0) is 14.7. The molecule has 1 aromatic heterocycles. The van der Waals surface area contributed by atoms with Gasteiger partial charge in [0.05, 0.1) is 21.3 Å². The van der Waals surface area contributed by atoms with Gasteiger partial charge in [0.25, 0.3) is 0 Å². The van der Waals surface area contributed by atoms with Crippen LogP contribution in [-0.4, -0.2) is 16.8 Å². The molecule has 0 bridgehead atoms. The summed E-state index contributed by atoms with van der Waals surface area (Å²) in [6.07, 6.45) is 0. The first-order valence-corrected chi connectivity index (χ1v) is 7.13. The van der Waals surface area contributed by atoms with E-state index in [2.05, 4.69) is 10.5 Å². The molecule has 2 N–H and O–H groups in total. The minimum Gasteiger partial charge on any atom is -0.477 e. The van der Waals surface area contributed by atoms with E-state index in [1.54, 1.807) is 37.3 Å². The number of aromatic carboxylic acids is 1. The Labute approximate surface area is 129 Å². The number of anilines is 1. The van der Waals surface area contributed by atoms with Crippen LogP contribution in [0.3, 0.4) is 0 Å². The Hall–Kier alpha value is -1.56. The van der Waals surface area contributed by atoms with Gasteiger partial charge in [-0.1, -0.05) is 23.2 Å². The number of carboxylic acid groups (broad SMARTS) is 1. The minimum atomic E-state index is -0.942. The van der Waals surface area contributed by atoms with Crippen molar-refractivity contribution in [3.05, 3.63) is 50.1 Å². The first-order chi connectivity index (χ1) is 9.47. The second-order valence-corrected chi connectivity index (χ2v) is 5.83. The summed E-state index contributed by atoms with van der Waals surface area (Å²) in [6.45, 7) is 1.79. The molecule has 0 aliphatic heterocycles. The highest BCUT2D eigenvalue weighted by atomic mass is 35.5. The lowest BCUT2D eigenvalue weighted by molar-refractivity contribution is 0.0702. The predicted molar refractivity (Wildman–Crippen MR) is 83.6 cm³/mol. The molecule has 0 atom stereocenters. The lowest BCUT2D eigenvalue weighted by Crippen LogP contribution is -1.98. The molecule has 4 nitrogen and oxygen atoms in total. The van der Waals surface area contributed by atoms with Crippen LogP contribution in [0.15, 0.2) is 35.4 Å². The molecule has 0 saturated heterocycles. The van der Waals surface area contributed by atoms with Crippen LogP contribution < -0.4 is 5.43 Å². The van der Waals surface area contributed by atoms with Gasteiger partial charge in [0.1, 0.15) is 4.88 Å². The van der Waals surface area contributed by atoms with Gasteiger partial charge in [0.2, 0.25) is 0 Å². The van der Waals surface area contributed by atoms with E-state index < -0.39 is 5.97 Å². The summed E-state index contributed by atoms with van der Waals surface area (Å²) in [4.78, 5) is 11.9. The quantitative estimate of drug-likeness (QED) is 0.637. The van der Waals surface area contributed by atoms with Crippen LogP contribution in [0.25, 0.3) is 0 Å². The van der Waals surface area contributed by atoms with E-state index in [0.717, 1.165) is 4.88 Å². The Balaban J connectivity index is 2.15. The second kappa shape index (κ2) is 6.26. The lowest BCUT2D eigenvalue weighted by atomic mass is 10.3. The highest BCUT2D eigenvalue weighted by Gasteiger charge is 2.09. The van der Waals surface area contributed by atoms with E-state index >= 15 is 0 Å². The summed E-state index contributed by atoms with van der Waals surface area (Å²) in [7, 11) is 0. The van der Waals surface area contributed by atoms with Crippen molar-refractivity contribution in [3.63, 3.8) is 0 Å². The summed E-state index contributed by atoms with van der Waals surface area (Å²) in [5.74, 6) is -0.942. The molecule has 2 aromatic rings. The molecule has 0 fully saturated rings. The monoisotopic (exact) mass is 328 g/mol. The normalized spacial score (nSPS) is 11.4. The number of carbonyl (C=O) groups is 1. The average Bonchev–Trinajstić information content (AvgIpc) is 2.87. The van der Waals surface area contributed by atoms with E-state index in [0.29, 0.717) is 21.4 Å². The highest BCUT2D eigenvalue weighted by molar-refractivity contribution is 7.15. The Morgan fingerprint density at radius 1 is 1.25 bits per heavy atom. The molecule has 0 saturated carbocycles. The highest BCUT2D eigenvalue weighted by Crippen LogP contribution is 2.25. The van der Waals surface area contributed by atoms with Crippen LogP contribution in [0.2, 0.25) is 10.0 Å². The van der Waals surface area contributed by atoms with Gasteiger partial charge in [-0.05, 0) is 37.3 Å². The topological polar surface area (TPSA) is 61.7 Å². The number of hydrazone groups is 1. The van der Waals surface area contributed by atoms with Crippen molar-refractivity contribution in [1.29, 1.82) is 0 Å². The predicted octanol–water partition coefficient (Wildman–Crippen LogP) is 4.59. The van der Waals surface area contributed by atoms with Crippen molar-refractivity contribution < 1.29 is 9.90 Å². The van der Waals surface area contributed by atoms with E-state index in [4.69, 9.17) is 28.3 Å². The van der Waals surface area contributed by atoms with Gasteiger partial charge >= 0.3 is 5.97 Å². The number of rotatable bonds is 4. The third-order valence-electron chi connectivity index (χ3n) is 2.45. The summed E-state index contributed by atoms with van der Waals surface area (Å²) in [6, 6.07) is 8.31. The molecule has 0 spiro atoms. The van der Waals surface area contributed by atoms with Crippen LogP contribution in [0.4, 0.5) is 5.69 Å². The lowest BCUT2D eigenvalue weighted by Gasteiger charge is -2.04. The average molecular weight is 329 g/mol. The van der Waals surface area contributed by atoms with Crippen molar-refractivity contribution in [3.8, 4) is 0 Å². The van der Waals surface area contributed by atoms with E-state index in [1.165, 1.54) is 11.3 Å². The molecule has 104 valence electrons. The smallest absolute Gasteiger partial charge is 0.345 e. The standard InChI is InChI=1S/C13H10Cl2N2O2S/c1-7(11-4-5-12(20-11)13(18)19)16-17-10-3-2-8(14)6-9(10)15/h2-6,17H,1H3,(H,18,19)/b16-7-. The van der Waals surface area contributed by atoms with Gasteiger partial charge in [-0.25, -0.2) is 4.79 Å². The third kappa shape index (κ3) is 3.50. The van der Waals surface area contributed by atoms with Crippen LogP contribution in [0.5, 0.6) is 0 Å². The summed E-state index contributed by atoms with van der Waals surface area (Å²) in [5, 5.41) is 14.1. The number of hydrogen-bond donors (Lipinski definition) is 2. The van der Waals surface area contributed by atoms with Gasteiger partial charge in [-0.2, -0.15) is 5.10 Å². The van der Waals surface area contributed by atoms with Gasteiger partial charge in [0.15, 0.2) is 0 Å². The molecule has 0 aliphatic rings. The SMILES string of the molecule is C/C(=N/Nc1ccc(Cl)cc1Cl)c1ccc(C(=O)O)s1. The maximum Gasteiger partial charge on any atom is 0.345 e. The first kappa shape index (κ1) is 14.8. The molecule has 1 aromatic carbocycles. The number of nitrogens with zero attached hydrogens (tertiary/aromatic N) is 1. The fourth-order valence-corrected chi connectivity index (χ4v) is 2.67. The van der Waals surface area contributed by atoms with E-state index in [1.807, 2.05) is 0 Å². The second-order valence-electron chi connectivity index (χ2n) is 3.90. The number of halogens is 2. The van der Waals surface area contributed by atoms with Crippen molar-refractivity contribution in [2.75, 3.05) is 5.43 Å². The number of benzene rings is 1. The molecular weight excluding hydrogens is 319 g/mol. The van der Waals surface area contributed by atoms with Crippen molar-refractivity contribution in [2.45, 2.75) is 6.92 Å². The summed E-state index contributed by atoms with van der Waals surface area (Å²) >= 11 is 13.0. The molecule has 0 amide bonds. The molecule has 2 rings (SSSR count). The Kier molecular flexibility index (Phi) is 4.65. The number of hydrogen-bond acceptors (Lipinski definition) is 4. The molecule has 1 heterocycles. The summed E-state index contributed by atoms with van der Waals surface area (Å²) < 4.78 is 0. The first-order valence-electron chi connectivity index (χ1n) is 5.56. The third-order valence-corrected chi connectivity index (χ3v) is 4.18. The number of carboxylic acids is 1. The Morgan fingerprint density at radius 2 is 1.95 bits per heavy atom. The zero-order valence-corrected chi connectivity index (χ0v) is 12.7. The molecule has 0 radical (unpaired) electrons. The number of nitrogens with one attached hydrogen (secondary N) is 1. The number of thiophene rings is 1. The van der Waals surface area contributed by atoms with Gasteiger partial charge in [-0.15, -0.1) is 11.3 Å². The fraction of sp³-hybridized carbons (Fsp3) is 0.0769. The van der Waals surface area contributed by atoms with Crippen LogP contribution in [0.1, 0.15) is 21.5 Å². The molecular formula is C13H10Cl2N2O2S. The maximum absolute atomic E-state index is 10.8. The van der Waals surface area contributed by atoms with Crippen LogP contribution >= 0.6 is 34.5 Å². The van der Waals surface area contributed by atoms with E-state index in [-0.39, 0.29) is 4.88 Å². The van der Waals surface area contributed by atoms with Crippen molar-refractivity contribution in [1.82, 2.24) is 0 Å².